The first-order valence-electron chi connectivity index (χ1n) is 3.10. The molecule has 0 saturated carbocycles. The summed E-state index contributed by atoms with van der Waals surface area (Å²) < 4.78 is 0. The van der Waals surface area contributed by atoms with Crippen LogP contribution >= 0.6 is 0 Å². The van der Waals surface area contributed by atoms with E-state index in [0.29, 0.717) is 0 Å². The minimum atomic E-state index is -0.461. The number of amides is 2. The van der Waals surface area contributed by atoms with Crippen LogP contribution in [0, 0.1) is 0 Å². The molecule has 1 saturated heterocycles. The van der Waals surface area contributed by atoms with Gasteiger partial charge < -0.3 is 5.73 Å². The molecule has 0 radical (unpaired) electrons. The normalized spacial score (nSPS) is 20.0. The van der Waals surface area contributed by atoms with Gasteiger partial charge in [-0.15, -0.1) is 0 Å². The average molecular weight is 129 g/mol. The summed E-state index contributed by atoms with van der Waals surface area (Å²) in [5.74, 6) is 0. The lowest BCUT2D eigenvalue weighted by atomic mass is 10.4. The van der Waals surface area contributed by atoms with Gasteiger partial charge in [0.15, 0.2) is 0 Å². The molecule has 52 valence electrons. The van der Waals surface area contributed by atoms with Crippen molar-refractivity contribution in [3.63, 3.8) is 0 Å². The van der Waals surface area contributed by atoms with Crippen molar-refractivity contribution in [1.82, 2.24) is 10.4 Å². The Hall–Kier alpha value is -0.770. The lowest BCUT2D eigenvalue weighted by Gasteiger charge is -2.12. The van der Waals surface area contributed by atoms with Crippen molar-refractivity contribution in [2.45, 2.75) is 12.8 Å². The molecule has 2 amide bonds. The zero-order chi connectivity index (χ0) is 6.69. The molecular weight excluding hydrogens is 118 g/mol. The van der Waals surface area contributed by atoms with E-state index in [1.54, 1.807) is 0 Å². The average Bonchev–Trinajstić information content (AvgIpc) is 2.15. The first-order chi connectivity index (χ1) is 4.29. The number of hydrazine groups is 1. The molecule has 0 unspecified atom stereocenters. The summed E-state index contributed by atoms with van der Waals surface area (Å²) in [5, 5.41) is 1.84. The summed E-state index contributed by atoms with van der Waals surface area (Å²) in [5.41, 5.74) is 7.39. The number of carbonyl (C=O) groups excluding carboxylic acids is 1. The molecule has 1 fully saturated rings. The van der Waals surface area contributed by atoms with Crippen LogP contribution in [0.25, 0.3) is 0 Å². The quantitative estimate of drug-likeness (QED) is 0.509. The molecule has 4 heteroatoms. The second-order valence-electron chi connectivity index (χ2n) is 2.17. The Kier molecular flexibility index (Phi) is 1.89. The third-order valence-electron chi connectivity index (χ3n) is 1.37. The van der Waals surface area contributed by atoms with Crippen LogP contribution < -0.4 is 11.2 Å². The summed E-state index contributed by atoms with van der Waals surface area (Å²) in [4.78, 5) is 10.2. The third kappa shape index (κ3) is 1.89. The van der Waals surface area contributed by atoms with E-state index in [2.05, 4.69) is 5.43 Å². The highest BCUT2D eigenvalue weighted by Crippen LogP contribution is 2.02. The van der Waals surface area contributed by atoms with Crippen molar-refractivity contribution in [2.75, 3.05) is 13.1 Å². The highest BCUT2D eigenvalue weighted by Gasteiger charge is 2.11. The predicted octanol–water partition coefficient (Wildman–Crippen LogP) is -0.335. The monoisotopic (exact) mass is 129 g/mol. The van der Waals surface area contributed by atoms with E-state index >= 15 is 0 Å². The van der Waals surface area contributed by atoms with Crippen molar-refractivity contribution in [2.24, 2.45) is 5.73 Å². The van der Waals surface area contributed by atoms with E-state index in [1.807, 2.05) is 5.01 Å². The highest BCUT2D eigenvalue weighted by atomic mass is 16.2. The molecule has 0 aliphatic carbocycles. The van der Waals surface area contributed by atoms with E-state index in [9.17, 15) is 4.79 Å². The molecule has 1 aliphatic rings. The molecule has 9 heavy (non-hydrogen) atoms. The number of primary amides is 1. The van der Waals surface area contributed by atoms with E-state index < -0.39 is 6.03 Å². The van der Waals surface area contributed by atoms with Gasteiger partial charge in [0.1, 0.15) is 0 Å². The second kappa shape index (κ2) is 2.68. The van der Waals surface area contributed by atoms with E-state index in [0.717, 1.165) is 25.9 Å². The maximum atomic E-state index is 10.2. The number of nitrogens with zero attached hydrogens (tertiary/aromatic N) is 1. The summed E-state index contributed by atoms with van der Waals surface area (Å²) in [6, 6.07) is -0.461. The van der Waals surface area contributed by atoms with Gasteiger partial charge in [-0.2, -0.15) is 0 Å². The number of urea groups is 1. The van der Waals surface area contributed by atoms with Crippen LogP contribution in [0.15, 0.2) is 0 Å². The van der Waals surface area contributed by atoms with Crippen LogP contribution in [0.4, 0.5) is 4.79 Å². The maximum Gasteiger partial charge on any atom is 0.326 e. The van der Waals surface area contributed by atoms with Crippen molar-refractivity contribution in [3.05, 3.63) is 0 Å². The Morgan fingerprint density at radius 3 is 2.44 bits per heavy atom. The summed E-state index contributed by atoms with van der Waals surface area (Å²) in [7, 11) is 0. The first-order valence-corrected chi connectivity index (χ1v) is 3.10. The molecular formula is C5H11N3O. The number of carbonyl (C=O) groups is 1. The fourth-order valence-corrected chi connectivity index (χ4v) is 0.985. The smallest absolute Gasteiger partial charge is 0.326 e. The van der Waals surface area contributed by atoms with Gasteiger partial charge in [-0.3, -0.25) is 5.43 Å². The van der Waals surface area contributed by atoms with E-state index in [4.69, 9.17) is 5.73 Å². The van der Waals surface area contributed by atoms with Crippen molar-refractivity contribution < 1.29 is 4.79 Å². The Bertz CT molecular complexity index is 109. The van der Waals surface area contributed by atoms with Crippen LogP contribution in [-0.4, -0.2) is 24.1 Å². The standard InChI is InChI=1S/C5H11N3O/c6-5(9)7-8-3-1-2-4-8/h1-4H2,(H3,6,7,9). The number of nitrogens with one attached hydrogen (secondary N) is 1. The molecule has 0 aromatic rings. The fourth-order valence-electron chi connectivity index (χ4n) is 0.985. The van der Waals surface area contributed by atoms with Crippen molar-refractivity contribution >= 4 is 6.03 Å². The largest absolute Gasteiger partial charge is 0.351 e. The molecule has 1 rings (SSSR count). The Labute approximate surface area is 54.0 Å². The molecule has 0 atom stereocenters. The first kappa shape index (κ1) is 6.35. The van der Waals surface area contributed by atoms with Crippen LogP contribution in [0.1, 0.15) is 12.8 Å². The minimum Gasteiger partial charge on any atom is -0.351 e. The van der Waals surface area contributed by atoms with Gasteiger partial charge in [0.2, 0.25) is 0 Å². The molecule has 1 aliphatic heterocycles. The number of hydrogen-bond acceptors (Lipinski definition) is 2. The zero-order valence-corrected chi connectivity index (χ0v) is 5.26. The zero-order valence-electron chi connectivity index (χ0n) is 5.26. The topological polar surface area (TPSA) is 58.4 Å². The lowest BCUT2D eigenvalue weighted by molar-refractivity contribution is 0.205. The van der Waals surface area contributed by atoms with Gasteiger partial charge in [-0.25, -0.2) is 9.80 Å². The van der Waals surface area contributed by atoms with Crippen LogP contribution in [0.3, 0.4) is 0 Å². The summed E-state index contributed by atoms with van der Waals surface area (Å²) in [6.07, 6.45) is 2.31. The van der Waals surface area contributed by atoms with Gasteiger partial charge in [0.25, 0.3) is 0 Å². The molecule has 0 spiro atoms. The number of rotatable bonds is 1. The SMILES string of the molecule is NC(=O)NN1CCCC1. The van der Waals surface area contributed by atoms with E-state index in [-0.39, 0.29) is 0 Å². The van der Waals surface area contributed by atoms with Gasteiger partial charge in [-0.1, -0.05) is 0 Å². The van der Waals surface area contributed by atoms with Gasteiger partial charge in [0, 0.05) is 13.1 Å². The van der Waals surface area contributed by atoms with Gasteiger partial charge in [-0.05, 0) is 12.8 Å². The predicted molar refractivity (Wildman–Crippen MR) is 33.5 cm³/mol. The van der Waals surface area contributed by atoms with Crippen LogP contribution in [0.5, 0.6) is 0 Å². The van der Waals surface area contributed by atoms with Crippen molar-refractivity contribution in [1.29, 1.82) is 0 Å². The van der Waals surface area contributed by atoms with Crippen molar-refractivity contribution in [3.8, 4) is 0 Å². The Balaban J connectivity index is 2.19. The molecule has 1 heterocycles. The number of nitrogens with two attached hydrogens (primary N) is 1. The molecule has 0 aromatic carbocycles. The van der Waals surface area contributed by atoms with Crippen LogP contribution in [-0.2, 0) is 0 Å². The third-order valence-corrected chi connectivity index (χ3v) is 1.37. The van der Waals surface area contributed by atoms with Crippen LogP contribution in [0.2, 0.25) is 0 Å². The molecule has 3 N–H and O–H groups in total. The lowest BCUT2D eigenvalue weighted by Crippen LogP contribution is -2.43. The fraction of sp³-hybridized carbons (Fsp3) is 0.800. The highest BCUT2D eigenvalue weighted by molar-refractivity contribution is 5.70. The summed E-state index contributed by atoms with van der Waals surface area (Å²) >= 11 is 0. The van der Waals surface area contributed by atoms with E-state index in [1.165, 1.54) is 0 Å². The minimum absolute atomic E-state index is 0.461. The number of hydrogen-bond donors (Lipinski definition) is 2. The van der Waals surface area contributed by atoms with Gasteiger partial charge >= 0.3 is 6.03 Å². The maximum absolute atomic E-state index is 10.2. The Morgan fingerprint density at radius 1 is 1.44 bits per heavy atom. The molecule has 0 aromatic heterocycles. The Morgan fingerprint density at radius 2 is 2.00 bits per heavy atom. The molecule has 4 nitrogen and oxygen atoms in total. The van der Waals surface area contributed by atoms with Gasteiger partial charge in [0.05, 0.1) is 0 Å². The second-order valence-corrected chi connectivity index (χ2v) is 2.17. The summed E-state index contributed by atoms with van der Waals surface area (Å²) in [6.45, 7) is 1.87. The molecule has 0 bridgehead atoms.